The minimum absolute atomic E-state index is 0.188. The molecule has 126 valence electrons. The van der Waals surface area contributed by atoms with Crippen molar-refractivity contribution in [3.05, 3.63) is 29.8 Å². The lowest BCUT2D eigenvalue weighted by Gasteiger charge is -2.28. The van der Waals surface area contributed by atoms with Gasteiger partial charge in [-0.1, -0.05) is 12.8 Å². The highest BCUT2D eigenvalue weighted by Gasteiger charge is 2.12. The Balaban J connectivity index is 1.71. The second kappa shape index (κ2) is 9.33. The summed E-state index contributed by atoms with van der Waals surface area (Å²) in [6.07, 6.45) is 7.95. The van der Waals surface area contributed by atoms with E-state index in [0.717, 1.165) is 37.9 Å². The Morgan fingerprint density at radius 3 is 2.09 bits per heavy atom. The van der Waals surface area contributed by atoms with Crippen molar-refractivity contribution in [1.82, 2.24) is 0 Å². The summed E-state index contributed by atoms with van der Waals surface area (Å²) in [5.74, 6) is -0.552. The van der Waals surface area contributed by atoms with Crippen LogP contribution in [-0.4, -0.2) is 29.9 Å². The van der Waals surface area contributed by atoms with E-state index in [4.69, 9.17) is 5.11 Å². The first-order valence-corrected chi connectivity index (χ1v) is 8.77. The maximum atomic E-state index is 12.2. The van der Waals surface area contributed by atoms with Crippen LogP contribution in [0, 0.1) is 0 Å². The van der Waals surface area contributed by atoms with Crippen molar-refractivity contribution in [1.29, 1.82) is 0 Å². The smallest absolute Gasteiger partial charge is 0.303 e. The number of benzene rings is 1. The number of nitrogens with zero attached hydrogens (tertiary/aromatic N) is 1. The molecule has 1 aromatic rings. The lowest BCUT2D eigenvalue weighted by atomic mass is 10.0. The molecule has 1 N–H and O–H groups in total. The van der Waals surface area contributed by atoms with Crippen molar-refractivity contribution in [2.75, 3.05) is 18.0 Å². The number of anilines is 1. The summed E-state index contributed by atoms with van der Waals surface area (Å²) in [6.45, 7) is 2.23. The number of carboxylic acid groups (broad SMARTS) is 1. The predicted molar refractivity (Wildman–Crippen MR) is 92.2 cm³/mol. The zero-order valence-corrected chi connectivity index (χ0v) is 13.8. The lowest BCUT2D eigenvalue weighted by molar-refractivity contribution is -0.137. The monoisotopic (exact) mass is 317 g/mol. The number of rotatable bonds is 9. The van der Waals surface area contributed by atoms with Gasteiger partial charge in [-0.3, -0.25) is 9.59 Å². The maximum Gasteiger partial charge on any atom is 0.303 e. The summed E-state index contributed by atoms with van der Waals surface area (Å²) in [5, 5.41) is 8.57. The van der Waals surface area contributed by atoms with Crippen molar-refractivity contribution in [3.8, 4) is 0 Å². The number of aliphatic carboxylic acids is 1. The molecule has 2 rings (SSSR count). The molecular weight excluding hydrogens is 290 g/mol. The predicted octanol–water partition coefficient (Wildman–Crippen LogP) is 4.28. The topological polar surface area (TPSA) is 57.6 Å². The Hall–Kier alpha value is -1.84. The summed E-state index contributed by atoms with van der Waals surface area (Å²) < 4.78 is 0. The Labute approximate surface area is 138 Å². The third kappa shape index (κ3) is 6.05. The highest BCUT2D eigenvalue weighted by atomic mass is 16.4. The molecule has 1 fully saturated rings. The standard InChI is InChI=1S/C19H27NO3/c21-18(8-4-1-2-5-9-19(22)23)16-10-12-17(13-11-16)20-14-6-3-7-15-20/h10-13H,1-9,14-15H2,(H,22,23). The van der Waals surface area contributed by atoms with E-state index < -0.39 is 5.97 Å². The van der Waals surface area contributed by atoms with Gasteiger partial charge in [-0.05, 0) is 56.4 Å². The van der Waals surface area contributed by atoms with Crippen molar-refractivity contribution in [3.63, 3.8) is 0 Å². The Kier molecular flexibility index (Phi) is 7.11. The number of carboxylic acids is 1. The van der Waals surface area contributed by atoms with Crippen molar-refractivity contribution >= 4 is 17.4 Å². The van der Waals surface area contributed by atoms with Crippen LogP contribution in [0.2, 0.25) is 0 Å². The fraction of sp³-hybridized carbons (Fsp3) is 0.579. The molecule has 1 aliphatic heterocycles. The molecule has 0 radical (unpaired) electrons. The second-order valence-corrected chi connectivity index (χ2v) is 6.33. The largest absolute Gasteiger partial charge is 0.481 e. The van der Waals surface area contributed by atoms with Crippen LogP contribution in [0.5, 0.6) is 0 Å². The van der Waals surface area contributed by atoms with E-state index in [9.17, 15) is 9.59 Å². The van der Waals surface area contributed by atoms with Gasteiger partial charge < -0.3 is 10.0 Å². The average Bonchev–Trinajstić information content (AvgIpc) is 2.58. The number of unbranched alkanes of at least 4 members (excludes halogenated alkanes) is 3. The first-order valence-electron chi connectivity index (χ1n) is 8.77. The van der Waals surface area contributed by atoms with E-state index in [1.165, 1.54) is 24.9 Å². The van der Waals surface area contributed by atoms with Crippen molar-refractivity contribution < 1.29 is 14.7 Å². The molecule has 4 nitrogen and oxygen atoms in total. The molecule has 4 heteroatoms. The third-order valence-electron chi connectivity index (χ3n) is 4.45. The molecule has 0 saturated carbocycles. The van der Waals surface area contributed by atoms with Crippen LogP contribution in [-0.2, 0) is 4.79 Å². The number of carbonyl (C=O) groups is 2. The maximum absolute atomic E-state index is 12.2. The van der Waals surface area contributed by atoms with Gasteiger partial charge in [-0.15, -0.1) is 0 Å². The van der Waals surface area contributed by atoms with E-state index in [-0.39, 0.29) is 12.2 Å². The quantitative estimate of drug-likeness (QED) is 0.545. The minimum atomic E-state index is -0.741. The molecule has 1 aliphatic rings. The van der Waals surface area contributed by atoms with Crippen LogP contribution in [0.4, 0.5) is 5.69 Å². The normalized spacial score (nSPS) is 14.7. The summed E-state index contributed by atoms with van der Waals surface area (Å²) in [5.41, 5.74) is 2.01. The van der Waals surface area contributed by atoms with Gasteiger partial charge in [0.1, 0.15) is 0 Å². The number of hydrogen-bond donors (Lipinski definition) is 1. The summed E-state index contributed by atoms with van der Waals surface area (Å²) in [4.78, 5) is 25.0. The van der Waals surface area contributed by atoms with Gasteiger partial charge in [0.25, 0.3) is 0 Å². The highest BCUT2D eigenvalue weighted by Crippen LogP contribution is 2.21. The van der Waals surface area contributed by atoms with Gasteiger partial charge >= 0.3 is 5.97 Å². The molecule has 0 aliphatic carbocycles. The van der Waals surface area contributed by atoms with E-state index >= 15 is 0 Å². The molecular formula is C19H27NO3. The van der Waals surface area contributed by atoms with Crippen LogP contribution in [0.1, 0.15) is 68.1 Å². The fourth-order valence-corrected chi connectivity index (χ4v) is 3.07. The summed E-state index contributed by atoms with van der Waals surface area (Å²) in [6, 6.07) is 8.00. The van der Waals surface area contributed by atoms with E-state index in [2.05, 4.69) is 17.0 Å². The van der Waals surface area contributed by atoms with E-state index in [0.29, 0.717) is 12.8 Å². The molecule has 0 spiro atoms. The van der Waals surface area contributed by atoms with Gasteiger partial charge in [-0.25, -0.2) is 0 Å². The van der Waals surface area contributed by atoms with Gasteiger partial charge in [0.15, 0.2) is 5.78 Å². The zero-order chi connectivity index (χ0) is 16.5. The van der Waals surface area contributed by atoms with Crippen LogP contribution in [0.15, 0.2) is 24.3 Å². The SMILES string of the molecule is O=C(O)CCCCCCC(=O)c1ccc(N2CCCCC2)cc1. The zero-order valence-electron chi connectivity index (χ0n) is 13.8. The van der Waals surface area contributed by atoms with Gasteiger partial charge in [0.2, 0.25) is 0 Å². The second-order valence-electron chi connectivity index (χ2n) is 6.33. The van der Waals surface area contributed by atoms with E-state index in [1.54, 1.807) is 0 Å². The molecule has 0 amide bonds. The number of piperidine rings is 1. The Morgan fingerprint density at radius 1 is 0.870 bits per heavy atom. The minimum Gasteiger partial charge on any atom is -0.481 e. The highest BCUT2D eigenvalue weighted by molar-refractivity contribution is 5.96. The van der Waals surface area contributed by atoms with Crippen LogP contribution in [0.3, 0.4) is 0 Å². The number of Topliss-reactive ketones (excluding diaryl/α,β-unsaturated/α-hetero) is 1. The number of carbonyl (C=O) groups excluding carboxylic acids is 1. The van der Waals surface area contributed by atoms with Crippen molar-refractivity contribution in [2.24, 2.45) is 0 Å². The number of ketones is 1. The molecule has 23 heavy (non-hydrogen) atoms. The number of hydrogen-bond acceptors (Lipinski definition) is 3. The molecule has 0 unspecified atom stereocenters. The van der Waals surface area contributed by atoms with E-state index in [1.807, 2.05) is 12.1 Å². The van der Waals surface area contributed by atoms with Crippen LogP contribution >= 0.6 is 0 Å². The molecule has 0 atom stereocenters. The van der Waals surface area contributed by atoms with Gasteiger partial charge in [-0.2, -0.15) is 0 Å². The van der Waals surface area contributed by atoms with Crippen LogP contribution in [0.25, 0.3) is 0 Å². The van der Waals surface area contributed by atoms with Crippen LogP contribution < -0.4 is 4.90 Å². The fourth-order valence-electron chi connectivity index (χ4n) is 3.07. The van der Waals surface area contributed by atoms with Gasteiger partial charge in [0, 0.05) is 37.2 Å². The summed E-state index contributed by atoms with van der Waals surface area (Å²) >= 11 is 0. The average molecular weight is 317 g/mol. The summed E-state index contributed by atoms with van der Waals surface area (Å²) in [7, 11) is 0. The molecule has 1 saturated heterocycles. The Bertz CT molecular complexity index is 504. The molecule has 0 bridgehead atoms. The van der Waals surface area contributed by atoms with Gasteiger partial charge in [0.05, 0.1) is 0 Å². The molecule has 1 heterocycles. The first-order chi connectivity index (χ1) is 11.2. The third-order valence-corrected chi connectivity index (χ3v) is 4.45. The first kappa shape index (κ1) is 17.5. The Morgan fingerprint density at radius 2 is 1.48 bits per heavy atom. The molecule has 1 aromatic carbocycles. The lowest BCUT2D eigenvalue weighted by Crippen LogP contribution is -2.29. The molecule has 0 aromatic heterocycles. The van der Waals surface area contributed by atoms with Crippen molar-refractivity contribution in [2.45, 2.75) is 57.8 Å².